The van der Waals surface area contributed by atoms with Crippen molar-refractivity contribution in [3.8, 4) is 0 Å². The minimum Gasteiger partial charge on any atom is -0.478 e. The Kier molecular flexibility index (Phi) is 8.91. The Morgan fingerprint density at radius 2 is 1.67 bits per heavy atom. The van der Waals surface area contributed by atoms with Gasteiger partial charge in [-0.25, -0.2) is 10.3 Å². The van der Waals surface area contributed by atoms with Crippen LogP contribution in [0, 0.1) is 6.92 Å². The highest BCUT2D eigenvalue weighted by Crippen LogP contribution is 2.39. The van der Waals surface area contributed by atoms with Gasteiger partial charge in [0.2, 0.25) is 0 Å². The van der Waals surface area contributed by atoms with Crippen LogP contribution in [0.3, 0.4) is 0 Å². The molecule has 4 N–H and O–H groups in total. The van der Waals surface area contributed by atoms with Crippen molar-refractivity contribution < 1.29 is 24.3 Å². The summed E-state index contributed by atoms with van der Waals surface area (Å²) < 4.78 is 0. The van der Waals surface area contributed by atoms with E-state index in [1.165, 1.54) is 6.07 Å². The molecule has 5 rings (SSSR count). The number of nitrogens with one attached hydrogen (secondary N) is 3. The molecular formula is C33H37N5O5. The molecule has 0 bridgehead atoms. The number of hydroxylamine groups is 1. The van der Waals surface area contributed by atoms with Gasteiger partial charge in [0.1, 0.15) is 0 Å². The number of anilines is 2. The fourth-order valence-electron chi connectivity index (χ4n) is 5.58. The van der Waals surface area contributed by atoms with Crippen LogP contribution in [0.5, 0.6) is 0 Å². The minimum absolute atomic E-state index is 0.135. The van der Waals surface area contributed by atoms with E-state index in [-0.39, 0.29) is 17.4 Å². The number of amides is 2. The average Bonchev–Trinajstić information content (AvgIpc) is 3.31. The number of carboxylic acids is 1. The van der Waals surface area contributed by atoms with Crippen molar-refractivity contribution in [3.05, 3.63) is 94.5 Å². The smallest absolute Gasteiger partial charge is 0.336 e. The molecule has 2 aliphatic heterocycles. The molecule has 2 heterocycles. The summed E-state index contributed by atoms with van der Waals surface area (Å²) in [5.41, 5.74) is 7.13. The monoisotopic (exact) mass is 583 g/mol. The second-order valence-corrected chi connectivity index (χ2v) is 11.2. The fourth-order valence-corrected chi connectivity index (χ4v) is 5.58. The van der Waals surface area contributed by atoms with Crippen LogP contribution in [0.2, 0.25) is 0 Å². The summed E-state index contributed by atoms with van der Waals surface area (Å²) in [7, 11) is 2.15. The predicted octanol–water partition coefficient (Wildman–Crippen LogP) is 4.31. The Balaban J connectivity index is 1.29. The highest BCUT2D eigenvalue weighted by Gasteiger charge is 2.30. The van der Waals surface area contributed by atoms with Crippen molar-refractivity contribution in [2.75, 3.05) is 43.9 Å². The molecule has 2 atom stereocenters. The molecule has 2 amide bonds. The molecule has 0 radical (unpaired) electrons. The van der Waals surface area contributed by atoms with Crippen molar-refractivity contribution in [2.45, 2.75) is 32.9 Å². The molecule has 0 spiro atoms. The van der Waals surface area contributed by atoms with Gasteiger partial charge in [-0.3, -0.25) is 24.2 Å². The van der Waals surface area contributed by atoms with Gasteiger partial charge in [-0.15, -0.1) is 0 Å². The van der Waals surface area contributed by atoms with Crippen molar-refractivity contribution in [2.24, 2.45) is 0 Å². The standard InChI is InChI=1S/C33H37N5O5/c1-20-16-27-28(17-26(20)33(41)42)35-32(40)29(27)30(23-8-6-5-7-9-23)34-25-12-10-24(11-13-25)31(39)36-43-15-14-38-18-21(2)37(4)22(3)19-38/h5-13,16-17,21-22,34H,14-15,18-19H2,1-4H3,(H,35,40)(H,36,39)(H,41,42)/b30-29+/t21-,22+. The first-order valence-corrected chi connectivity index (χ1v) is 14.3. The third-order valence-electron chi connectivity index (χ3n) is 8.18. The normalized spacial score (nSPS) is 19.9. The fraction of sp³-hybridized carbons (Fsp3) is 0.303. The number of benzene rings is 3. The largest absolute Gasteiger partial charge is 0.478 e. The van der Waals surface area contributed by atoms with Gasteiger partial charge in [-0.2, -0.15) is 0 Å². The molecule has 1 saturated heterocycles. The van der Waals surface area contributed by atoms with Crippen molar-refractivity contribution in [3.63, 3.8) is 0 Å². The lowest BCUT2D eigenvalue weighted by Gasteiger charge is -2.42. The molecule has 1 fully saturated rings. The van der Waals surface area contributed by atoms with Gasteiger partial charge in [-0.1, -0.05) is 30.3 Å². The first kappa shape index (κ1) is 30.0. The van der Waals surface area contributed by atoms with Crippen LogP contribution in [-0.2, 0) is 9.63 Å². The number of carbonyl (C=O) groups is 3. The number of nitrogens with zero attached hydrogens (tertiary/aromatic N) is 2. The maximum atomic E-state index is 13.2. The number of aryl methyl sites for hydroxylation is 1. The van der Waals surface area contributed by atoms with Crippen molar-refractivity contribution in [1.29, 1.82) is 0 Å². The highest BCUT2D eigenvalue weighted by molar-refractivity contribution is 6.37. The first-order chi connectivity index (χ1) is 20.6. The summed E-state index contributed by atoms with van der Waals surface area (Å²) in [6.07, 6.45) is 0. The quantitative estimate of drug-likeness (QED) is 0.167. The van der Waals surface area contributed by atoms with E-state index in [2.05, 4.69) is 46.8 Å². The summed E-state index contributed by atoms with van der Waals surface area (Å²) in [5, 5.41) is 15.7. The maximum Gasteiger partial charge on any atom is 0.336 e. The number of likely N-dealkylation sites (N-methyl/N-ethyl adjacent to an activating group) is 1. The van der Waals surface area contributed by atoms with Gasteiger partial charge in [0.05, 0.1) is 29.1 Å². The Morgan fingerprint density at radius 3 is 2.33 bits per heavy atom. The van der Waals surface area contributed by atoms with Crippen LogP contribution in [0.25, 0.3) is 11.3 Å². The van der Waals surface area contributed by atoms with Gasteiger partial charge in [0.25, 0.3) is 11.8 Å². The summed E-state index contributed by atoms with van der Waals surface area (Å²) in [6, 6.07) is 20.5. The van der Waals surface area contributed by atoms with E-state index < -0.39 is 5.97 Å². The SMILES string of the molecule is Cc1cc2c(cc1C(=O)O)NC(=O)/C2=C(/Nc1ccc(C(=O)NOCCN2C[C@@H](C)N(C)[C@@H](C)C2)cc1)c1ccccc1. The second-order valence-electron chi connectivity index (χ2n) is 11.2. The molecule has 10 heteroatoms. The highest BCUT2D eigenvalue weighted by atomic mass is 16.7. The summed E-state index contributed by atoms with van der Waals surface area (Å²) >= 11 is 0. The van der Waals surface area contributed by atoms with Crippen LogP contribution < -0.4 is 16.1 Å². The van der Waals surface area contributed by atoms with Gasteiger partial charge >= 0.3 is 5.97 Å². The molecule has 0 unspecified atom stereocenters. The molecule has 43 heavy (non-hydrogen) atoms. The van der Waals surface area contributed by atoms with Crippen LogP contribution in [0.15, 0.2) is 66.7 Å². The number of hydrogen-bond donors (Lipinski definition) is 4. The van der Waals surface area contributed by atoms with E-state index in [1.54, 1.807) is 37.3 Å². The molecule has 224 valence electrons. The van der Waals surface area contributed by atoms with Crippen LogP contribution in [0.4, 0.5) is 11.4 Å². The van der Waals surface area contributed by atoms with E-state index in [0.717, 1.165) is 25.2 Å². The number of fused-ring (bicyclic) bond motifs is 1. The predicted molar refractivity (Wildman–Crippen MR) is 167 cm³/mol. The third kappa shape index (κ3) is 6.61. The van der Waals surface area contributed by atoms with Crippen LogP contribution in [-0.4, -0.2) is 78.1 Å². The molecule has 0 aliphatic carbocycles. The molecule has 10 nitrogen and oxygen atoms in total. The minimum atomic E-state index is -1.05. The molecule has 3 aromatic rings. The van der Waals surface area contributed by atoms with Crippen LogP contribution in [0.1, 0.15) is 51.3 Å². The zero-order chi connectivity index (χ0) is 30.7. The zero-order valence-corrected chi connectivity index (χ0v) is 24.8. The van der Waals surface area contributed by atoms with Gasteiger partial charge in [0.15, 0.2) is 0 Å². The summed E-state index contributed by atoms with van der Waals surface area (Å²) in [5.74, 6) is -1.73. The van der Waals surface area contributed by atoms with E-state index in [1.807, 2.05) is 30.3 Å². The zero-order valence-electron chi connectivity index (χ0n) is 24.8. The first-order valence-electron chi connectivity index (χ1n) is 14.3. The summed E-state index contributed by atoms with van der Waals surface area (Å²) in [6.45, 7) is 9.18. The lowest BCUT2D eigenvalue weighted by molar-refractivity contribution is -0.110. The van der Waals surface area contributed by atoms with Crippen molar-refractivity contribution >= 4 is 40.4 Å². The summed E-state index contributed by atoms with van der Waals surface area (Å²) in [4.78, 5) is 47.8. The Hall–Kier alpha value is -4.51. The van der Waals surface area contributed by atoms with Gasteiger partial charge < -0.3 is 15.7 Å². The number of aromatic carboxylic acids is 1. The molecule has 2 aliphatic rings. The molecular weight excluding hydrogens is 546 g/mol. The van der Waals surface area contributed by atoms with Crippen LogP contribution >= 0.6 is 0 Å². The molecule has 3 aromatic carbocycles. The topological polar surface area (TPSA) is 123 Å². The van der Waals surface area contributed by atoms with E-state index in [9.17, 15) is 19.5 Å². The average molecular weight is 584 g/mol. The van der Waals surface area contributed by atoms with Gasteiger partial charge in [-0.05, 0) is 75.3 Å². The third-order valence-corrected chi connectivity index (χ3v) is 8.18. The van der Waals surface area contributed by atoms with E-state index in [0.29, 0.717) is 58.0 Å². The van der Waals surface area contributed by atoms with Crippen molar-refractivity contribution in [1.82, 2.24) is 15.3 Å². The second kappa shape index (κ2) is 12.8. The number of carboxylic acid groups (broad SMARTS) is 1. The maximum absolute atomic E-state index is 13.2. The van der Waals surface area contributed by atoms with Gasteiger partial charge in [0, 0.05) is 48.5 Å². The van der Waals surface area contributed by atoms with E-state index in [4.69, 9.17) is 4.84 Å². The Bertz CT molecular complexity index is 1540. The molecule has 0 saturated carbocycles. The Morgan fingerprint density at radius 1 is 1.00 bits per heavy atom. The number of carbonyl (C=O) groups excluding carboxylic acids is 2. The number of rotatable bonds is 9. The lowest BCUT2D eigenvalue weighted by atomic mass is 9.96. The Labute approximate surface area is 251 Å². The van der Waals surface area contributed by atoms with E-state index >= 15 is 0 Å². The number of hydrogen-bond acceptors (Lipinski definition) is 7. The number of piperazine rings is 1. The molecule has 0 aromatic heterocycles. The lowest BCUT2D eigenvalue weighted by Crippen LogP contribution is -2.55.